The van der Waals surface area contributed by atoms with E-state index in [4.69, 9.17) is 14.7 Å². The summed E-state index contributed by atoms with van der Waals surface area (Å²) in [5, 5.41) is 11.3. The van der Waals surface area contributed by atoms with Gasteiger partial charge >= 0.3 is 0 Å². The molecule has 2 atom stereocenters. The van der Waals surface area contributed by atoms with Gasteiger partial charge < -0.3 is 9.84 Å². The van der Waals surface area contributed by atoms with E-state index in [2.05, 4.69) is 107 Å². The molecule has 2 aromatic carbocycles. The molecule has 2 aromatic rings. The Hall–Kier alpha value is -2.62. The van der Waals surface area contributed by atoms with Crippen LogP contribution in [-0.2, 0) is 21.7 Å². The predicted octanol–water partition coefficient (Wildman–Crippen LogP) is 9.44. The van der Waals surface area contributed by atoms with Crippen molar-refractivity contribution < 1.29 is 9.84 Å². The smallest absolute Gasteiger partial charge is 0.131 e. The number of rotatable bonds is 5. The molecule has 0 spiro atoms. The number of phenols is 1. The fourth-order valence-electron chi connectivity index (χ4n) is 5.52. The van der Waals surface area contributed by atoms with Crippen molar-refractivity contribution in [3.8, 4) is 11.5 Å². The van der Waals surface area contributed by atoms with Gasteiger partial charge in [0.15, 0.2) is 0 Å². The number of phenolic OH excluding ortho intramolecular Hbond substituents is 1. The average Bonchev–Trinajstić information content (AvgIpc) is 2.84. The minimum atomic E-state index is -0.168. The van der Waals surface area contributed by atoms with Crippen molar-refractivity contribution in [3.63, 3.8) is 0 Å². The van der Waals surface area contributed by atoms with Crippen LogP contribution in [0.1, 0.15) is 142 Å². The molecule has 41 heavy (non-hydrogen) atoms. The molecule has 3 rings (SSSR count). The molecule has 0 bridgehead atoms. The molecule has 2 unspecified atom stereocenters. The quantitative estimate of drug-likeness (QED) is 0.370. The molecule has 0 saturated heterocycles. The van der Waals surface area contributed by atoms with Crippen molar-refractivity contribution in [3.05, 3.63) is 57.6 Å². The second kappa shape index (κ2) is 11.9. The number of benzene rings is 2. The van der Waals surface area contributed by atoms with Crippen LogP contribution in [0.15, 0.2) is 34.3 Å². The Morgan fingerprint density at radius 1 is 0.634 bits per heavy atom. The van der Waals surface area contributed by atoms with E-state index in [1.807, 2.05) is 12.4 Å². The predicted molar refractivity (Wildman–Crippen MR) is 177 cm³/mol. The molecule has 4 heteroatoms. The lowest BCUT2D eigenvalue weighted by atomic mass is 9.79. The fourth-order valence-corrected chi connectivity index (χ4v) is 5.52. The first kappa shape index (κ1) is 32.9. The van der Waals surface area contributed by atoms with Gasteiger partial charge in [-0.1, -0.05) is 108 Å². The van der Waals surface area contributed by atoms with Crippen molar-refractivity contribution in [2.45, 2.75) is 143 Å². The third-order valence-electron chi connectivity index (χ3n) is 8.31. The van der Waals surface area contributed by atoms with E-state index in [1.165, 1.54) is 16.7 Å². The lowest BCUT2D eigenvalue weighted by Gasteiger charge is -2.29. The molecular weight excluding hydrogens is 504 g/mol. The van der Waals surface area contributed by atoms with E-state index in [1.54, 1.807) is 7.11 Å². The molecule has 226 valence electrons. The minimum absolute atomic E-state index is 0.0159. The van der Waals surface area contributed by atoms with Crippen molar-refractivity contribution in [1.82, 2.24) is 0 Å². The zero-order valence-electron chi connectivity index (χ0n) is 28.2. The van der Waals surface area contributed by atoms with Gasteiger partial charge in [-0.15, -0.1) is 0 Å². The second-order valence-electron chi connectivity index (χ2n) is 16.1. The maximum atomic E-state index is 11.3. The van der Waals surface area contributed by atoms with E-state index in [0.29, 0.717) is 5.75 Å². The van der Waals surface area contributed by atoms with Gasteiger partial charge in [-0.25, -0.2) is 0 Å². The van der Waals surface area contributed by atoms with Crippen LogP contribution in [0, 0.1) is 0 Å². The van der Waals surface area contributed by atoms with Gasteiger partial charge in [0, 0.05) is 34.7 Å². The molecule has 0 radical (unpaired) electrons. The highest BCUT2D eigenvalue weighted by molar-refractivity contribution is 5.86. The number of hydrogen-bond donors (Lipinski definition) is 1. The van der Waals surface area contributed by atoms with Gasteiger partial charge in [0.2, 0.25) is 0 Å². The van der Waals surface area contributed by atoms with Crippen LogP contribution in [-0.4, -0.2) is 36.7 Å². The van der Waals surface area contributed by atoms with Crippen LogP contribution in [0.5, 0.6) is 11.5 Å². The number of ether oxygens (including phenoxy) is 1. The second-order valence-corrected chi connectivity index (χ2v) is 16.1. The molecule has 0 amide bonds. The number of hydrogen-bond acceptors (Lipinski definition) is 4. The Morgan fingerprint density at radius 2 is 1.05 bits per heavy atom. The van der Waals surface area contributed by atoms with Crippen molar-refractivity contribution in [2.24, 2.45) is 9.98 Å². The molecule has 1 aliphatic rings. The van der Waals surface area contributed by atoms with Gasteiger partial charge in [-0.2, -0.15) is 0 Å². The van der Waals surface area contributed by atoms with Gasteiger partial charge in [0.1, 0.15) is 11.5 Å². The van der Waals surface area contributed by atoms with Gasteiger partial charge in [0.05, 0.1) is 19.2 Å². The molecule has 1 N–H and O–H groups in total. The molecule has 4 nitrogen and oxygen atoms in total. The fraction of sp³-hybridized carbons (Fsp3) is 0.622. The summed E-state index contributed by atoms with van der Waals surface area (Å²) in [5.41, 5.74) is 6.25. The zero-order valence-corrected chi connectivity index (χ0v) is 28.2. The number of aromatic hydroxyl groups is 1. The highest BCUT2D eigenvalue weighted by atomic mass is 16.5. The Morgan fingerprint density at radius 3 is 1.46 bits per heavy atom. The normalized spacial score (nSPS) is 19.3. The third kappa shape index (κ3) is 8.02. The Kier molecular flexibility index (Phi) is 9.57. The van der Waals surface area contributed by atoms with E-state index < -0.39 is 0 Å². The van der Waals surface area contributed by atoms with Crippen molar-refractivity contribution >= 4 is 12.4 Å². The van der Waals surface area contributed by atoms with E-state index in [0.717, 1.165) is 48.1 Å². The maximum absolute atomic E-state index is 11.3. The number of nitrogens with zero attached hydrogens (tertiary/aromatic N) is 2. The lowest BCUT2D eigenvalue weighted by molar-refractivity contribution is 0.388. The van der Waals surface area contributed by atoms with Crippen LogP contribution < -0.4 is 4.74 Å². The molecule has 0 aliphatic heterocycles. The lowest BCUT2D eigenvalue weighted by Crippen LogP contribution is -2.27. The van der Waals surface area contributed by atoms with E-state index in [-0.39, 0.29) is 33.7 Å². The molecular formula is C37H56N2O2. The van der Waals surface area contributed by atoms with Crippen LogP contribution in [0.4, 0.5) is 0 Å². The summed E-state index contributed by atoms with van der Waals surface area (Å²) >= 11 is 0. The molecule has 1 fully saturated rings. The SMILES string of the molecule is COc1c(/C=N/C2CCCCC2/N=C/c2cc(C(C)(C)C)cc(C(C)(C)C)c2O)cc(C(C)(C)C)cc1C(C)(C)C. The average molecular weight is 561 g/mol. The van der Waals surface area contributed by atoms with Crippen molar-refractivity contribution in [1.29, 1.82) is 0 Å². The molecule has 1 aliphatic carbocycles. The summed E-state index contributed by atoms with van der Waals surface area (Å²) in [6.07, 6.45) is 8.23. The third-order valence-corrected chi connectivity index (χ3v) is 8.31. The van der Waals surface area contributed by atoms with Gasteiger partial charge in [-0.3, -0.25) is 9.98 Å². The largest absolute Gasteiger partial charge is 0.507 e. The van der Waals surface area contributed by atoms with Crippen LogP contribution in [0.2, 0.25) is 0 Å². The Labute approximate surface area is 250 Å². The minimum Gasteiger partial charge on any atom is -0.507 e. The number of methoxy groups -OCH3 is 1. The van der Waals surface area contributed by atoms with Crippen LogP contribution >= 0.6 is 0 Å². The topological polar surface area (TPSA) is 54.2 Å². The van der Waals surface area contributed by atoms with Gasteiger partial charge in [-0.05, 0) is 57.8 Å². The maximum Gasteiger partial charge on any atom is 0.131 e. The Balaban J connectivity index is 2.02. The first-order chi connectivity index (χ1) is 18.7. The van der Waals surface area contributed by atoms with Crippen molar-refractivity contribution in [2.75, 3.05) is 7.11 Å². The Bertz CT molecular complexity index is 1270. The summed E-state index contributed by atoms with van der Waals surface area (Å²) in [5.74, 6) is 1.24. The standard InChI is InChI=1S/C37H56N2O2/c1-34(2,3)26-18-24(32(40)28(20-26)36(7,8)9)22-38-30-16-14-15-17-31(30)39-23-25-19-27(35(4,5)6)21-29(33(25)41-13)37(10,11)12/h18-23,30-31,40H,14-17H2,1-13H3/b38-22+,39-23+. The zero-order chi connectivity index (χ0) is 31.0. The molecule has 1 saturated carbocycles. The highest BCUT2D eigenvalue weighted by Crippen LogP contribution is 2.39. The van der Waals surface area contributed by atoms with Gasteiger partial charge in [0.25, 0.3) is 0 Å². The van der Waals surface area contributed by atoms with E-state index >= 15 is 0 Å². The first-order valence-electron chi connectivity index (χ1n) is 15.4. The summed E-state index contributed by atoms with van der Waals surface area (Å²) in [7, 11) is 1.76. The highest BCUT2D eigenvalue weighted by Gasteiger charge is 2.28. The van der Waals surface area contributed by atoms with Crippen LogP contribution in [0.25, 0.3) is 0 Å². The summed E-state index contributed by atoms with van der Waals surface area (Å²) in [6, 6.07) is 8.97. The molecule has 0 aromatic heterocycles. The summed E-state index contributed by atoms with van der Waals surface area (Å²) in [4.78, 5) is 10.2. The summed E-state index contributed by atoms with van der Waals surface area (Å²) < 4.78 is 5.98. The number of aliphatic imine (C=N–C) groups is 2. The van der Waals surface area contributed by atoms with E-state index in [9.17, 15) is 5.11 Å². The summed E-state index contributed by atoms with van der Waals surface area (Å²) in [6.45, 7) is 26.6. The monoisotopic (exact) mass is 560 g/mol. The molecule has 0 heterocycles. The van der Waals surface area contributed by atoms with Crippen LogP contribution in [0.3, 0.4) is 0 Å². The first-order valence-corrected chi connectivity index (χ1v) is 15.4.